The van der Waals surface area contributed by atoms with Crippen molar-refractivity contribution in [2.45, 2.75) is 57.8 Å². The van der Waals surface area contributed by atoms with E-state index in [9.17, 15) is 14.7 Å². The maximum Gasteiger partial charge on any atom is 0.261 e. The molecule has 1 aliphatic carbocycles. The van der Waals surface area contributed by atoms with E-state index in [1.165, 1.54) is 11.3 Å². The summed E-state index contributed by atoms with van der Waals surface area (Å²) in [6, 6.07) is 20.8. The number of nitrogens with one attached hydrogen (secondary N) is 2. The van der Waals surface area contributed by atoms with Crippen LogP contribution in [0.5, 0.6) is 0 Å². The van der Waals surface area contributed by atoms with Gasteiger partial charge in [0.05, 0.1) is 38.4 Å². The summed E-state index contributed by atoms with van der Waals surface area (Å²) < 4.78 is 5.57. The normalized spacial score (nSPS) is 20.2. The summed E-state index contributed by atoms with van der Waals surface area (Å²) in [6.45, 7) is 7.31. The highest BCUT2D eigenvalue weighted by Crippen LogP contribution is 2.43. The molecule has 2 amide bonds. The molecule has 2 aromatic carbocycles. The van der Waals surface area contributed by atoms with E-state index in [1.807, 2.05) is 91.7 Å². The Morgan fingerprint density at radius 2 is 1.78 bits per heavy atom. The van der Waals surface area contributed by atoms with Gasteiger partial charge in [-0.3, -0.25) is 9.59 Å². The zero-order valence-electron chi connectivity index (χ0n) is 27.7. The van der Waals surface area contributed by atoms with Crippen LogP contribution in [0, 0.1) is 12.3 Å². The number of rotatable bonds is 8. The molecule has 3 N–H and O–H groups in total. The molecule has 5 heterocycles. The predicted octanol–water partition coefficient (Wildman–Crippen LogP) is 6.23. The van der Waals surface area contributed by atoms with Gasteiger partial charge in [0.1, 0.15) is 5.82 Å². The molecule has 10 nitrogen and oxygen atoms in total. The molecule has 3 aliphatic heterocycles. The minimum absolute atomic E-state index is 0.0499. The van der Waals surface area contributed by atoms with Crippen LogP contribution < -0.4 is 20.4 Å². The first kappa shape index (κ1) is 31.7. The summed E-state index contributed by atoms with van der Waals surface area (Å²) in [5.41, 5.74) is 5.41. The summed E-state index contributed by atoms with van der Waals surface area (Å²) >= 11 is 1.42. The van der Waals surface area contributed by atoms with Crippen LogP contribution in [-0.4, -0.2) is 66.0 Å². The van der Waals surface area contributed by atoms with Crippen molar-refractivity contribution in [2.75, 3.05) is 41.4 Å². The number of benzene rings is 2. The Labute approximate surface area is 289 Å². The van der Waals surface area contributed by atoms with Gasteiger partial charge in [0.15, 0.2) is 6.23 Å². The number of carbonyl (C=O) groups is 2. The smallest absolute Gasteiger partial charge is 0.261 e. The number of ether oxygens (including phenoxy) is 1. The van der Waals surface area contributed by atoms with Gasteiger partial charge in [-0.2, -0.15) is 0 Å². The van der Waals surface area contributed by atoms with Crippen molar-refractivity contribution < 1.29 is 19.4 Å². The highest BCUT2D eigenvalue weighted by atomic mass is 32.1. The fourth-order valence-corrected chi connectivity index (χ4v) is 8.12. The highest BCUT2D eigenvalue weighted by molar-refractivity contribution is 7.16. The van der Waals surface area contributed by atoms with Crippen LogP contribution in [0.25, 0.3) is 0 Å². The molecule has 0 radical (unpaired) electrons. The maximum atomic E-state index is 13.6. The standard InChI is InChI=1S/C38H40N6O4S/c1-23-19-28(34(39-20-23)43-21-38(22-43)15-17-48-18-16-38)35(45)40-26-9-7-25(8-10-26)37(47)44-24(2)33(42-29-5-3-4-6-30(29)44)31-13-14-32(49-31)36(46)41-27-11-12-27/h3-10,13-14,19-20,24,27,37,47H,11-12,15-18,21-22H2,1-2H3,(H,40,45)(H,41,46)/t24-,37?/m1/s1. The number of nitrogens with zero attached hydrogens (tertiary/aromatic N) is 4. The monoisotopic (exact) mass is 676 g/mol. The van der Waals surface area contributed by atoms with Crippen LogP contribution in [-0.2, 0) is 4.74 Å². The van der Waals surface area contributed by atoms with E-state index in [-0.39, 0.29) is 29.3 Å². The molecule has 1 spiro atoms. The van der Waals surface area contributed by atoms with Gasteiger partial charge in [0, 0.05) is 55.2 Å². The fraction of sp³-hybridized carbons (Fsp3) is 0.368. The topological polar surface area (TPSA) is 119 Å². The Kier molecular flexibility index (Phi) is 8.21. The number of thiophene rings is 1. The van der Waals surface area contributed by atoms with Crippen LogP contribution in [0.4, 0.5) is 22.9 Å². The lowest BCUT2D eigenvalue weighted by atomic mass is 9.73. The molecular weight excluding hydrogens is 637 g/mol. The first-order valence-electron chi connectivity index (χ1n) is 17.0. The van der Waals surface area contributed by atoms with Crippen LogP contribution >= 0.6 is 11.3 Å². The Morgan fingerprint density at radius 1 is 1.02 bits per heavy atom. The number of carbonyl (C=O) groups excluding carboxylic acids is 2. The fourth-order valence-electron chi connectivity index (χ4n) is 7.14. The number of aliphatic imine (C=N–C) groups is 1. The summed E-state index contributed by atoms with van der Waals surface area (Å²) in [5, 5.41) is 18.0. The van der Waals surface area contributed by atoms with Crippen molar-refractivity contribution in [3.8, 4) is 0 Å². The molecule has 1 saturated carbocycles. The lowest BCUT2D eigenvalue weighted by Crippen LogP contribution is -2.59. The Morgan fingerprint density at radius 3 is 2.53 bits per heavy atom. The van der Waals surface area contributed by atoms with E-state index < -0.39 is 6.23 Å². The van der Waals surface area contributed by atoms with Crippen molar-refractivity contribution in [3.63, 3.8) is 0 Å². The molecule has 8 rings (SSSR count). The number of para-hydroxylation sites is 2. The molecule has 11 heteroatoms. The molecule has 252 valence electrons. The van der Waals surface area contributed by atoms with E-state index in [0.29, 0.717) is 27.5 Å². The number of aromatic nitrogens is 1. The first-order valence-corrected chi connectivity index (χ1v) is 17.8. The van der Waals surface area contributed by atoms with Gasteiger partial charge in [-0.05, 0) is 87.6 Å². The number of fused-ring (bicyclic) bond motifs is 1. The highest BCUT2D eigenvalue weighted by Gasteiger charge is 2.45. The van der Waals surface area contributed by atoms with Crippen LogP contribution in [0.3, 0.4) is 0 Å². The van der Waals surface area contributed by atoms with Gasteiger partial charge >= 0.3 is 0 Å². The second kappa shape index (κ2) is 12.7. The zero-order chi connectivity index (χ0) is 33.7. The maximum absolute atomic E-state index is 13.6. The Balaban J connectivity index is 0.990. The van der Waals surface area contributed by atoms with Crippen molar-refractivity contribution in [2.24, 2.45) is 10.4 Å². The van der Waals surface area contributed by atoms with Crippen LogP contribution in [0.15, 0.2) is 77.9 Å². The van der Waals surface area contributed by atoms with Gasteiger partial charge in [0.2, 0.25) is 0 Å². The lowest BCUT2D eigenvalue weighted by Gasteiger charge is -2.53. The number of aliphatic hydroxyl groups is 1. The van der Waals surface area contributed by atoms with E-state index in [1.54, 1.807) is 0 Å². The van der Waals surface area contributed by atoms with Gasteiger partial charge in [-0.15, -0.1) is 11.3 Å². The molecule has 2 aromatic heterocycles. The van der Waals surface area contributed by atoms with Gasteiger partial charge in [-0.1, -0.05) is 24.3 Å². The number of aliphatic hydroxyl groups excluding tert-OH is 1. The number of amides is 2. The first-order chi connectivity index (χ1) is 23.8. The van der Waals surface area contributed by atoms with Gasteiger partial charge in [-0.25, -0.2) is 9.98 Å². The van der Waals surface area contributed by atoms with Crippen molar-refractivity contribution in [1.82, 2.24) is 10.3 Å². The van der Waals surface area contributed by atoms with Gasteiger partial charge < -0.3 is 30.3 Å². The number of hydrogen-bond donors (Lipinski definition) is 3. The van der Waals surface area contributed by atoms with Crippen molar-refractivity contribution in [3.05, 3.63) is 99.4 Å². The number of pyridine rings is 1. The summed E-state index contributed by atoms with van der Waals surface area (Å²) in [4.78, 5) is 41.7. The molecule has 3 fully saturated rings. The summed E-state index contributed by atoms with van der Waals surface area (Å²) in [6.07, 6.45) is 4.98. The quantitative estimate of drug-likeness (QED) is 0.202. The Hall–Kier alpha value is -4.58. The summed E-state index contributed by atoms with van der Waals surface area (Å²) in [7, 11) is 0. The van der Waals surface area contributed by atoms with E-state index in [2.05, 4.69) is 20.5 Å². The predicted molar refractivity (Wildman–Crippen MR) is 192 cm³/mol. The molecule has 4 aliphatic rings. The zero-order valence-corrected chi connectivity index (χ0v) is 28.5. The number of aryl methyl sites for hydroxylation is 1. The molecule has 49 heavy (non-hydrogen) atoms. The van der Waals surface area contributed by atoms with Crippen molar-refractivity contribution in [1.29, 1.82) is 0 Å². The van der Waals surface area contributed by atoms with Crippen LogP contribution in [0.1, 0.15) is 74.9 Å². The Bertz CT molecular complexity index is 1920. The lowest BCUT2D eigenvalue weighted by molar-refractivity contribution is -0.000510. The second-order valence-electron chi connectivity index (χ2n) is 13.8. The second-order valence-corrected chi connectivity index (χ2v) is 14.9. The molecule has 2 saturated heterocycles. The minimum Gasteiger partial charge on any atom is -0.381 e. The van der Waals surface area contributed by atoms with E-state index in [4.69, 9.17) is 9.73 Å². The third-order valence-corrected chi connectivity index (χ3v) is 11.2. The molecular formula is C38H40N6O4S. The molecule has 0 bridgehead atoms. The third kappa shape index (κ3) is 6.22. The minimum atomic E-state index is -0.986. The van der Waals surface area contributed by atoms with Gasteiger partial charge in [0.25, 0.3) is 11.8 Å². The molecule has 2 atom stereocenters. The number of hydrogen-bond acceptors (Lipinski definition) is 9. The molecule has 4 aromatic rings. The van der Waals surface area contributed by atoms with Crippen LogP contribution in [0.2, 0.25) is 0 Å². The average Bonchev–Trinajstić information content (AvgIpc) is 3.78. The average molecular weight is 677 g/mol. The van der Waals surface area contributed by atoms with Crippen molar-refractivity contribution >= 4 is 51.7 Å². The largest absolute Gasteiger partial charge is 0.381 e. The SMILES string of the molecule is Cc1cnc(N2CC3(CCOCC3)C2)c(C(=O)Nc2ccc(C(O)N3c4ccccc4N=C(c4ccc(C(=O)NC5CC5)s4)[C@H]3C)cc2)c1. The third-order valence-electron chi connectivity index (χ3n) is 10.1. The van der Waals surface area contributed by atoms with E-state index in [0.717, 1.165) is 79.5 Å². The number of anilines is 3. The molecule has 1 unspecified atom stereocenters. The van der Waals surface area contributed by atoms with E-state index >= 15 is 0 Å². The summed E-state index contributed by atoms with van der Waals surface area (Å²) in [5.74, 6) is 0.447.